The Morgan fingerprint density at radius 1 is 1.03 bits per heavy atom. The van der Waals surface area contributed by atoms with Gasteiger partial charge in [0.25, 0.3) is 15.9 Å². The average molecular weight is 528 g/mol. The molecule has 0 fully saturated rings. The molecule has 0 saturated heterocycles. The van der Waals surface area contributed by atoms with E-state index in [0.717, 1.165) is 9.87 Å². The van der Waals surface area contributed by atoms with Gasteiger partial charge in [-0.2, -0.15) is 5.10 Å². The molecule has 0 spiro atoms. The zero-order chi connectivity index (χ0) is 26.3. The molecule has 3 aromatic carbocycles. The topological polar surface area (TPSA) is 88.1 Å². The van der Waals surface area contributed by atoms with Gasteiger partial charge in [0.05, 0.1) is 22.7 Å². The molecule has 190 valence electrons. The van der Waals surface area contributed by atoms with Gasteiger partial charge in [0.15, 0.2) is 0 Å². The first-order chi connectivity index (χ1) is 17.0. The van der Waals surface area contributed by atoms with Gasteiger partial charge in [-0.1, -0.05) is 74.0 Å². The molecular formula is C27H30ClN3O4S. The molecule has 1 amide bonds. The second-order valence-electron chi connectivity index (χ2n) is 8.95. The van der Waals surface area contributed by atoms with Gasteiger partial charge in [-0.15, -0.1) is 0 Å². The zero-order valence-corrected chi connectivity index (χ0v) is 22.3. The number of amides is 1. The van der Waals surface area contributed by atoms with Crippen LogP contribution in [0, 0.1) is 0 Å². The van der Waals surface area contributed by atoms with Crippen LogP contribution in [-0.4, -0.2) is 33.7 Å². The number of benzene rings is 3. The smallest absolute Gasteiger partial charge is 0.264 e. The standard InChI is InChI=1S/C27H30ClN3O4S/c1-20(18-27(2,3)21-11-7-5-8-12-21)29-30-26(32)19-31(22-15-16-25(35-4)24(28)17-22)36(33,34)23-13-9-6-10-14-23/h5-17H,18-19H2,1-4H3,(H,30,32)/b29-20-. The summed E-state index contributed by atoms with van der Waals surface area (Å²) in [5.41, 5.74) is 4.40. The van der Waals surface area contributed by atoms with Crippen LogP contribution in [-0.2, 0) is 20.2 Å². The zero-order valence-electron chi connectivity index (χ0n) is 20.7. The fourth-order valence-electron chi connectivity index (χ4n) is 3.84. The molecular weight excluding hydrogens is 498 g/mol. The van der Waals surface area contributed by atoms with E-state index >= 15 is 0 Å². The van der Waals surface area contributed by atoms with E-state index in [2.05, 4.69) is 36.5 Å². The first-order valence-corrected chi connectivity index (χ1v) is 13.2. The Morgan fingerprint density at radius 2 is 1.64 bits per heavy atom. The van der Waals surface area contributed by atoms with Crippen molar-refractivity contribution in [3.8, 4) is 5.75 Å². The number of nitrogens with zero attached hydrogens (tertiary/aromatic N) is 2. The molecule has 3 aromatic rings. The average Bonchev–Trinajstić information content (AvgIpc) is 2.86. The highest BCUT2D eigenvalue weighted by atomic mass is 35.5. The van der Waals surface area contributed by atoms with Gasteiger partial charge in [0.1, 0.15) is 12.3 Å². The Kier molecular flexibility index (Phi) is 8.76. The van der Waals surface area contributed by atoms with Gasteiger partial charge in [-0.25, -0.2) is 13.8 Å². The summed E-state index contributed by atoms with van der Waals surface area (Å²) in [5, 5.41) is 4.45. The number of hydrazone groups is 1. The minimum absolute atomic E-state index is 0.0500. The largest absolute Gasteiger partial charge is 0.495 e. The highest BCUT2D eigenvalue weighted by Gasteiger charge is 2.28. The van der Waals surface area contributed by atoms with Crippen molar-refractivity contribution in [3.63, 3.8) is 0 Å². The lowest BCUT2D eigenvalue weighted by Crippen LogP contribution is -2.39. The SMILES string of the molecule is COc1ccc(N(CC(=O)N/N=C(/C)CC(C)(C)c2ccccc2)S(=O)(=O)c2ccccc2)cc1Cl. The third-order valence-corrected chi connectivity index (χ3v) is 7.75. The highest BCUT2D eigenvalue weighted by molar-refractivity contribution is 7.92. The summed E-state index contributed by atoms with van der Waals surface area (Å²) in [5.74, 6) is -0.193. The third kappa shape index (κ3) is 6.65. The van der Waals surface area contributed by atoms with E-state index in [-0.39, 0.29) is 21.0 Å². The van der Waals surface area contributed by atoms with Crippen molar-refractivity contribution in [2.75, 3.05) is 18.0 Å². The van der Waals surface area contributed by atoms with E-state index in [1.54, 1.807) is 24.3 Å². The number of carbonyl (C=O) groups excluding carboxylic acids is 1. The molecule has 0 unspecified atom stereocenters. The molecule has 0 aromatic heterocycles. The van der Waals surface area contributed by atoms with Gasteiger partial charge < -0.3 is 4.74 Å². The maximum Gasteiger partial charge on any atom is 0.264 e. The maximum atomic E-state index is 13.5. The fourth-order valence-corrected chi connectivity index (χ4v) is 5.53. The molecule has 0 radical (unpaired) electrons. The van der Waals surface area contributed by atoms with Crippen LogP contribution in [0.3, 0.4) is 0 Å². The second kappa shape index (κ2) is 11.6. The van der Waals surface area contributed by atoms with Crippen LogP contribution in [0.2, 0.25) is 5.02 Å². The number of anilines is 1. The molecule has 36 heavy (non-hydrogen) atoms. The van der Waals surface area contributed by atoms with Gasteiger partial charge in [-0.3, -0.25) is 9.10 Å². The first-order valence-electron chi connectivity index (χ1n) is 11.3. The van der Waals surface area contributed by atoms with Crippen LogP contribution in [0.4, 0.5) is 5.69 Å². The second-order valence-corrected chi connectivity index (χ2v) is 11.2. The normalized spacial score (nSPS) is 12.2. The molecule has 0 aliphatic rings. The van der Waals surface area contributed by atoms with Gasteiger partial charge >= 0.3 is 0 Å². The van der Waals surface area contributed by atoms with Gasteiger partial charge in [0, 0.05) is 5.71 Å². The number of carbonyl (C=O) groups is 1. The molecule has 3 rings (SSSR count). The van der Waals surface area contributed by atoms with Crippen molar-refractivity contribution in [1.82, 2.24) is 5.43 Å². The van der Waals surface area contributed by atoms with Crippen LogP contribution < -0.4 is 14.5 Å². The monoisotopic (exact) mass is 527 g/mol. The summed E-state index contributed by atoms with van der Waals surface area (Å²) in [6.07, 6.45) is 0.609. The number of hydrogen-bond donors (Lipinski definition) is 1. The molecule has 9 heteroatoms. The van der Waals surface area contributed by atoms with E-state index in [9.17, 15) is 13.2 Å². The lowest BCUT2D eigenvalue weighted by Gasteiger charge is -2.25. The van der Waals surface area contributed by atoms with Crippen LogP contribution in [0.15, 0.2) is 88.9 Å². The Balaban J connectivity index is 1.82. The third-order valence-electron chi connectivity index (χ3n) is 5.67. The number of ether oxygens (including phenoxy) is 1. The van der Waals surface area contributed by atoms with Crippen molar-refractivity contribution in [3.05, 3.63) is 89.4 Å². The quantitative estimate of drug-likeness (QED) is 0.282. The summed E-state index contributed by atoms with van der Waals surface area (Å²) < 4.78 is 33.1. The van der Waals surface area contributed by atoms with E-state index in [4.69, 9.17) is 16.3 Å². The van der Waals surface area contributed by atoms with Crippen molar-refractivity contribution in [2.45, 2.75) is 37.5 Å². The molecule has 0 aliphatic carbocycles. The van der Waals surface area contributed by atoms with Crippen LogP contribution >= 0.6 is 11.6 Å². The maximum absolute atomic E-state index is 13.5. The van der Waals surface area contributed by atoms with Crippen molar-refractivity contribution in [1.29, 1.82) is 0 Å². The number of sulfonamides is 1. The predicted octanol–water partition coefficient (Wildman–Crippen LogP) is 5.40. The van der Waals surface area contributed by atoms with E-state index < -0.39 is 22.5 Å². The summed E-state index contributed by atoms with van der Waals surface area (Å²) in [7, 11) is -2.60. The van der Waals surface area contributed by atoms with E-state index in [1.165, 1.54) is 31.4 Å². The predicted molar refractivity (Wildman–Crippen MR) is 144 cm³/mol. The summed E-state index contributed by atoms with van der Waals surface area (Å²) in [4.78, 5) is 12.9. The van der Waals surface area contributed by atoms with Gasteiger partial charge in [-0.05, 0) is 54.7 Å². The van der Waals surface area contributed by atoms with Crippen LogP contribution in [0.1, 0.15) is 32.8 Å². The number of rotatable bonds is 10. The molecule has 0 bridgehead atoms. The Hall–Kier alpha value is -3.36. The minimum Gasteiger partial charge on any atom is -0.495 e. The minimum atomic E-state index is -4.06. The molecule has 1 N–H and O–H groups in total. The van der Waals surface area contributed by atoms with Crippen molar-refractivity contribution < 1.29 is 17.9 Å². The first kappa shape index (κ1) is 27.2. The molecule has 0 saturated carbocycles. The molecule has 0 aliphatic heterocycles. The Morgan fingerprint density at radius 3 is 2.22 bits per heavy atom. The van der Waals surface area contributed by atoms with Gasteiger partial charge in [0.2, 0.25) is 0 Å². The van der Waals surface area contributed by atoms with Crippen LogP contribution in [0.25, 0.3) is 0 Å². The number of methoxy groups -OCH3 is 1. The summed E-state index contributed by atoms with van der Waals surface area (Å²) in [6, 6.07) is 22.5. The fraction of sp³-hybridized carbons (Fsp3) is 0.259. The number of halogens is 1. The number of nitrogens with one attached hydrogen (secondary N) is 1. The highest BCUT2D eigenvalue weighted by Crippen LogP contribution is 2.32. The lowest BCUT2D eigenvalue weighted by molar-refractivity contribution is -0.119. The Bertz CT molecular complexity index is 1330. The molecule has 0 atom stereocenters. The van der Waals surface area contributed by atoms with E-state index in [1.807, 2.05) is 25.1 Å². The lowest BCUT2D eigenvalue weighted by atomic mass is 9.80. The van der Waals surface area contributed by atoms with Crippen molar-refractivity contribution >= 4 is 38.9 Å². The van der Waals surface area contributed by atoms with E-state index in [0.29, 0.717) is 17.9 Å². The molecule has 7 nitrogen and oxygen atoms in total. The summed E-state index contributed by atoms with van der Waals surface area (Å²) >= 11 is 6.25. The summed E-state index contributed by atoms with van der Waals surface area (Å²) in [6.45, 7) is 5.54. The van der Waals surface area contributed by atoms with Crippen molar-refractivity contribution in [2.24, 2.45) is 5.10 Å². The number of hydrogen-bond acceptors (Lipinski definition) is 5. The molecule has 0 heterocycles. The van der Waals surface area contributed by atoms with Crippen LogP contribution in [0.5, 0.6) is 5.75 Å². The Labute approximate surface area is 217 Å².